The summed E-state index contributed by atoms with van der Waals surface area (Å²) < 4.78 is 73.3. The molecule has 1 saturated heterocycles. The van der Waals surface area contributed by atoms with Crippen molar-refractivity contribution < 1.29 is 26.0 Å². The molecule has 0 aliphatic carbocycles. The molecule has 0 amide bonds. The Hall–Kier alpha value is -3.52. The lowest BCUT2D eigenvalue weighted by molar-refractivity contribution is 0.116. The fourth-order valence-electron chi connectivity index (χ4n) is 4.45. The zero-order valence-electron chi connectivity index (χ0n) is 19.0. The summed E-state index contributed by atoms with van der Waals surface area (Å²) in [5.41, 5.74) is 0.855. The molecule has 1 aliphatic heterocycles. The van der Waals surface area contributed by atoms with Crippen molar-refractivity contribution in [3.8, 4) is 11.5 Å². The molecule has 4 aromatic rings. The van der Waals surface area contributed by atoms with E-state index in [-0.39, 0.29) is 35.3 Å². The second kappa shape index (κ2) is 9.17. The van der Waals surface area contributed by atoms with Crippen LogP contribution in [0.25, 0.3) is 22.6 Å². The van der Waals surface area contributed by atoms with E-state index in [4.69, 9.17) is 4.42 Å². The monoisotopic (exact) mass is 522 g/mol. The van der Waals surface area contributed by atoms with Crippen LogP contribution in [0.3, 0.4) is 0 Å². The molecule has 0 unspecified atom stereocenters. The number of rotatable bonds is 6. The molecule has 190 valence electrons. The lowest BCUT2D eigenvalue weighted by Gasteiger charge is -2.30. The lowest BCUT2D eigenvalue weighted by Crippen LogP contribution is -2.40. The molecule has 0 atom stereocenters. The molecule has 0 bridgehead atoms. The van der Waals surface area contributed by atoms with E-state index < -0.39 is 28.2 Å². The highest BCUT2D eigenvalue weighted by molar-refractivity contribution is 7.88. The van der Waals surface area contributed by atoms with Crippen LogP contribution in [0.2, 0.25) is 0 Å². The first kappa shape index (κ1) is 24.2. The summed E-state index contributed by atoms with van der Waals surface area (Å²) in [6.45, 7) is 0.462. The maximum atomic E-state index is 15.0. The SMILES string of the molecule is CS(=O)(=O)N1CCC(n2c(=O)n(Cc3ccc(-c4nnc(C(F)F)o4)cc3F)c3ncccc32)CC1. The van der Waals surface area contributed by atoms with E-state index in [1.54, 1.807) is 16.7 Å². The Balaban J connectivity index is 1.46. The smallest absolute Gasteiger partial charge is 0.330 e. The van der Waals surface area contributed by atoms with Gasteiger partial charge in [0.25, 0.3) is 5.89 Å². The molecule has 10 nitrogen and oxygen atoms in total. The number of nitrogens with zero attached hydrogens (tertiary/aromatic N) is 6. The van der Waals surface area contributed by atoms with E-state index in [9.17, 15) is 26.4 Å². The van der Waals surface area contributed by atoms with Gasteiger partial charge in [0.05, 0.1) is 18.3 Å². The number of hydrogen-bond donors (Lipinski definition) is 0. The van der Waals surface area contributed by atoms with Crippen LogP contribution in [-0.4, -0.2) is 56.4 Å². The average molecular weight is 523 g/mol. The van der Waals surface area contributed by atoms with Crippen LogP contribution in [0.1, 0.15) is 36.8 Å². The van der Waals surface area contributed by atoms with Crippen LogP contribution >= 0.6 is 0 Å². The topological polar surface area (TPSA) is 116 Å². The van der Waals surface area contributed by atoms with Crippen LogP contribution < -0.4 is 5.69 Å². The van der Waals surface area contributed by atoms with Crippen molar-refractivity contribution in [1.29, 1.82) is 0 Å². The number of hydrogen-bond acceptors (Lipinski definition) is 7. The number of piperidine rings is 1. The van der Waals surface area contributed by atoms with E-state index in [0.717, 1.165) is 12.3 Å². The van der Waals surface area contributed by atoms with Gasteiger partial charge in [0.1, 0.15) is 5.82 Å². The van der Waals surface area contributed by atoms with Gasteiger partial charge in [0.15, 0.2) is 5.65 Å². The van der Waals surface area contributed by atoms with E-state index in [2.05, 4.69) is 15.2 Å². The van der Waals surface area contributed by atoms with Gasteiger partial charge in [0, 0.05) is 36.5 Å². The molecule has 5 rings (SSSR count). The Labute approximate surface area is 203 Å². The summed E-state index contributed by atoms with van der Waals surface area (Å²) in [5, 5.41) is 6.76. The van der Waals surface area contributed by atoms with Gasteiger partial charge in [-0.2, -0.15) is 8.78 Å². The number of benzene rings is 1. The van der Waals surface area contributed by atoms with E-state index >= 15 is 0 Å². The average Bonchev–Trinajstić information content (AvgIpc) is 3.44. The third kappa shape index (κ3) is 4.41. The van der Waals surface area contributed by atoms with Crippen molar-refractivity contribution >= 4 is 21.2 Å². The van der Waals surface area contributed by atoms with Crippen molar-refractivity contribution in [3.05, 3.63) is 64.3 Å². The molecule has 4 heterocycles. The van der Waals surface area contributed by atoms with Gasteiger partial charge in [-0.05, 0) is 37.1 Å². The Morgan fingerprint density at radius 2 is 1.92 bits per heavy atom. The molecular formula is C22H21F3N6O4S. The van der Waals surface area contributed by atoms with Gasteiger partial charge < -0.3 is 4.42 Å². The van der Waals surface area contributed by atoms with E-state index in [1.165, 1.54) is 27.2 Å². The molecular weight excluding hydrogens is 501 g/mol. The maximum Gasteiger partial charge on any atom is 0.330 e. The molecule has 1 aliphatic rings. The lowest BCUT2D eigenvalue weighted by atomic mass is 10.1. The Bertz CT molecular complexity index is 1590. The second-order valence-corrected chi connectivity index (χ2v) is 10.5. The largest absolute Gasteiger partial charge is 0.415 e. The quantitative estimate of drug-likeness (QED) is 0.382. The summed E-state index contributed by atoms with van der Waals surface area (Å²) in [6, 6.07) is 7.15. The zero-order valence-corrected chi connectivity index (χ0v) is 19.8. The van der Waals surface area contributed by atoms with Gasteiger partial charge in [0.2, 0.25) is 15.9 Å². The molecule has 36 heavy (non-hydrogen) atoms. The minimum absolute atomic E-state index is 0.125. The predicted octanol–water partition coefficient (Wildman–Crippen LogP) is 2.97. The number of imidazole rings is 1. The van der Waals surface area contributed by atoms with Crippen LogP contribution in [0, 0.1) is 5.82 Å². The Kier molecular flexibility index (Phi) is 6.16. The maximum absolute atomic E-state index is 15.0. The van der Waals surface area contributed by atoms with Crippen molar-refractivity contribution in [1.82, 2.24) is 28.6 Å². The summed E-state index contributed by atoms with van der Waals surface area (Å²) in [7, 11) is -3.32. The predicted molar refractivity (Wildman–Crippen MR) is 122 cm³/mol. The molecule has 1 fully saturated rings. The van der Waals surface area contributed by atoms with Gasteiger partial charge in [-0.15, -0.1) is 10.2 Å². The van der Waals surface area contributed by atoms with E-state index in [1.807, 2.05) is 0 Å². The Morgan fingerprint density at radius 1 is 1.17 bits per heavy atom. The van der Waals surface area contributed by atoms with E-state index in [0.29, 0.717) is 37.1 Å². The normalized spacial score (nSPS) is 15.8. The zero-order chi connectivity index (χ0) is 25.6. The number of fused-ring (bicyclic) bond motifs is 1. The second-order valence-electron chi connectivity index (χ2n) is 8.53. The van der Waals surface area contributed by atoms with Gasteiger partial charge in [-0.25, -0.2) is 26.9 Å². The third-order valence-corrected chi connectivity index (χ3v) is 7.53. The molecule has 14 heteroatoms. The van der Waals surface area contributed by atoms with Crippen LogP contribution in [0.4, 0.5) is 13.2 Å². The van der Waals surface area contributed by atoms with Crippen LogP contribution in [0.15, 0.2) is 45.7 Å². The van der Waals surface area contributed by atoms with Crippen molar-refractivity contribution in [2.75, 3.05) is 19.3 Å². The summed E-state index contributed by atoms with van der Waals surface area (Å²) in [6.07, 6.45) is 0.658. The van der Waals surface area contributed by atoms with Gasteiger partial charge in [-0.3, -0.25) is 9.13 Å². The van der Waals surface area contributed by atoms with Crippen molar-refractivity contribution in [2.45, 2.75) is 31.9 Å². The highest BCUT2D eigenvalue weighted by Gasteiger charge is 2.29. The minimum Gasteiger partial charge on any atom is -0.415 e. The minimum atomic E-state index is -3.32. The van der Waals surface area contributed by atoms with Gasteiger partial charge >= 0.3 is 12.1 Å². The molecule has 3 aromatic heterocycles. The van der Waals surface area contributed by atoms with Crippen molar-refractivity contribution in [2.24, 2.45) is 0 Å². The number of aromatic nitrogens is 5. The molecule has 0 saturated carbocycles. The molecule has 0 spiro atoms. The van der Waals surface area contributed by atoms with Crippen LogP contribution in [-0.2, 0) is 16.6 Å². The van der Waals surface area contributed by atoms with Crippen molar-refractivity contribution in [3.63, 3.8) is 0 Å². The number of pyridine rings is 1. The summed E-state index contributed by atoms with van der Waals surface area (Å²) in [4.78, 5) is 17.8. The fourth-order valence-corrected chi connectivity index (χ4v) is 5.33. The highest BCUT2D eigenvalue weighted by atomic mass is 32.2. The number of alkyl halides is 2. The number of halogens is 3. The molecule has 1 aromatic carbocycles. The molecule has 0 N–H and O–H groups in total. The fraction of sp³-hybridized carbons (Fsp3) is 0.364. The first-order valence-corrected chi connectivity index (χ1v) is 12.9. The van der Waals surface area contributed by atoms with Crippen LogP contribution in [0.5, 0.6) is 0 Å². The summed E-state index contributed by atoms with van der Waals surface area (Å²) >= 11 is 0. The third-order valence-electron chi connectivity index (χ3n) is 6.23. The highest BCUT2D eigenvalue weighted by Crippen LogP contribution is 2.28. The number of sulfonamides is 1. The standard InChI is InChI=1S/C22H21F3N6O4S/c1-36(33,34)29-9-6-15(7-10-29)31-17-3-2-8-26-19(17)30(22(31)32)12-14-5-4-13(11-16(14)23)20-27-28-21(35-20)18(24)25/h2-5,8,11,15,18H,6-7,9-10,12H2,1H3. The first-order valence-electron chi connectivity index (χ1n) is 11.0. The van der Waals surface area contributed by atoms with Gasteiger partial charge in [-0.1, -0.05) is 6.07 Å². The summed E-state index contributed by atoms with van der Waals surface area (Å²) in [5.74, 6) is -1.79. The first-order chi connectivity index (χ1) is 17.1. The Morgan fingerprint density at radius 3 is 2.56 bits per heavy atom. The molecule has 0 radical (unpaired) electrons.